The van der Waals surface area contributed by atoms with Crippen LogP contribution in [0.3, 0.4) is 0 Å². The molecule has 0 aromatic carbocycles. The lowest BCUT2D eigenvalue weighted by Crippen LogP contribution is -2.47. The fourth-order valence-electron chi connectivity index (χ4n) is 3.65. The van der Waals surface area contributed by atoms with Gasteiger partial charge in [0, 0.05) is 58.2 Å². The van der Waals surface area contributed by atoms with E-state index in [1.807, 2.05) is 13.8 Å². The largest absolute Gasteiger partial charge is 0.480 e. The van der Waals surface area contributed by atoms with E-state index >= 15 is 0 Å². The molecule has 0 atom stereocenters. The molecule has 0 saturated carbocycles. The van der Waals surface area contributed by atoms with Crippen LogP contribution in [0.2, 0.25) is 0 Å². The van der Waals surface area contributed by atoms with Gasteiger partial charge in [-0.15, -0.1) is 0 Å². The summed E-state index contributed by atoms with van der Waals surface area (Å²) in [5.74, 6) is -4.71. The van der Waals surface area contributed by atoms with Crippen molar-refractivity contribution in [2.75, 3.05) is 78.5 Å². The Morgan fingerprint density at radius 3 is 1.47 bits per heavy atom. The van der Waals surface area contributed by atoms with Crippen LogP contribution in [0, 0.1) is 5.92 Å². The smallest absolute Gasteiger partial charge is 0.323 e. The van der Waals surface area contributed by atoms with Crippen LogP contribution < -0.4 is 0 Å². The molecular weight excluding hydrogens is 478 g/mol. The molecule has 0 fully saturated rings. The maximum Gasteiger partial charge on any atom is 0.323 e. The Morgan fingerprint density at radius 2 is 1.08 bits per heavy atom. The highest BCUT2D eigenvalue weighted by molar-refractivity contribution is 5.82. The molecule has 0 radical (unpaired) electrons. The number of amides is 1. The van der Waals surface area contributed by atoms with E-state index in [1.54, 1.807) is 14.7 Å². The van der Waals surface area contributed by atoms with Gasteiger partial charge in [0.2, 0.25) is 5.91 Å². The second kappa shape index (κ2) is 15.6. The van der Waals surface area contributed by atoms with Crippen LogP contribution in [0.15, 0.2) is 12.4 Å². The van der Waals surface area contributed by atoms with E-state index in [0.717, 1.165) is 0 Å². The Hall–Kier alpha value is -3.39. The number of aliphatic carboxylic acids is 4. The Balaban J connectivity index is 3.16. The molecule has 0 unspecified atom stereocenters. The number of hydrogen-bond donors (Lipinski definition) is 4. The molecule has 1 amide bonds. The number of carboxylic acid groups (broad SMARTS) is 4. The highest BCUT2D eigenvalue weighted by atomic mass is 16.4. The summed E-state index contributed by atoms with van der Waals surface area (Å²) in [7, 11) is 0. The van der Waals surface area contributed by atoms with E-state index in [-0.39, 0.29) is 77.9 Å². The topological polar surface area (TPSA) is 182 Å². The van der Waals surface area contributed by atoms with Gasteiger partial charge in [0.05, 0.1) is 19.6 Å². The third kappa shape index (κ3) is 13.5. The molecule has 1 rings (SSSR count). The summed E-state index contributed by atoms with van der Waals surface area (Å²) in [4.78, 5) is 65.6. The number of carbonyl (C=O) groups is 5. The van der Waals surface area contributed by atoms with E-state index in [0.29, 0.717) is 0 Å². The Morgan fingerprint density at radius 1 is 0.667 bits per heavy atom. The molecule has 14 heteroatoms. The number of carboxylic acids is 4. The van der Waals surface area contributed by atoms with Crippen molar-refractivity contribution < 1.29 is 44.4 Å². The van der Waals surface area contributed by atoms with E-state index in [1.165, 1.54) is 22.2 Å². The average Bonchev–Trinajstić information content (AvgIpc) is 2.73. The van der Waals surface area contributed by atoms with Gasteiger partial charge >= 0.3 is 23.9 Å². The summed E-state index contributed by atoms with van der Waals surface area (Å²) in [6.45, 7) is 3.79. The molecule has 0 aliphatic carbocycles. The summed E-state index contributed by atoms with van der Waals surface area (Å²) in [6, 6.07) is 0. The van der Waals surface area contributed by atoms with Crippen molar-refractivity contribution in [3.05, 3.63) is 12.4 Å². The predicted octanol–water partition coefficient (Wildman–Crippen LogP) is -1.50. The maximum atomic E-state index is 12.9. The summed E-state index contributed by atoms with van der Waals surface area (Å²) >= 11 is 0. The first kappa shape index (κ1) is 30.6. The lowest BCUT2D eigenvalue weighted by molar-refractivity contribution is -0.145. The van der Waals surface area contributed by atoms with Crippen molar-refractivity contribution in [1.82, 2.24) is 24.5 Å². The van der Waals surface area contributed by atoms with Crippen LogP contribution in [0.25, 0.3) is 0 Å². The summed E-state index contributed by atoms with van der Waals surface area (Å²) < 4.78 is 0. The van der Waals surface area contributed by atoms with Gasteiger partial charge < -0.3 is 35.1 Å². The molecule has 0 spiro atoms. The molecule has 1 aliphatic heterocycles. The lowest BCUT2D eigenvalue weighted by atomic mass is 10.2. The second-order valence-electron chi connectivity index (χ2n) is 9.03. The van der Waals surface area contributed by atoms with Gasteiger partial charge in [-0.05, 0) is 5.92 Å². The van der Waals surface area contributed by atoms with E-state index in [4.69, 9.17) is 0 Å². The van der Waals surface area contributed by atoms with Gasteiger partial charge in [-0.1, -0.05) is 13.8 Å². The normalized spacial score (nSPS) is 17.2. The number of hydrogen-bond acceptors (Lipinski definition) is 9. The quantitative estimate of drug-likeness (QED) is 0.236. The molecule has 0 saturated heterocycles. The number of rotatable bonds is 12. The van der Waals surface area contributed by atoms with Crippen molar-refractivity contribution in [2.24, 2.45) is 5.92 Å². The molecule has 14 nitrogen and oxygen atoms in total. The van der Waals surface area contributed by atoms with Gasteiger partial charge in [-0.3, -0.25) is 33.8 Å². The standard InChI is InChI=1S/C22H37N5O9/c1-17(2)11-27(16-22(35)36)18(28)12-23-3-5-24(13-19(29)30)7-9-26(15-21(33)34)10-8-25(6-4-23)14-20(31)32/h3,5,17H,4,6-16H2,1-2H3,(H,29,30)(H,31,32)(H,33,34)(H,35,36)/b5-3-. The summed E-state index contributed by atoms with van der Waals surface area (Å²) in [6.07, 6.45) is 3.02. The average molecular weight is 516 g/mol. The van der Waals surface area contributed by atoms with Crippen molar-refractivity contribution in [3.63, 3.8) is 0 Å². The molecular formula is C22H37N5O9. The predicted molar refractivity (Wildman–Crippen MR) is 127 cm³/mol. The van der Waals surface area contributed by atoms with Gasteiger partial charge in [-0.25, -0.2) is 0 Å². The third-order valence-electron chi connectivity index (χ3n) is 5.29. The fraction of sp³-hybridized carbons (Fsp3) is 0.682. The number of nitrogens with zero attached hydrogens (tertiary/aromatic N) is 5. The highest BCUT2D eigenvalue weighted by Crippen LogP contribution is 2.05. The highest BCUT2D eigenvalue weighted by Gasteiger charge is 2.22. The second-order valence-corrected chi connectivity index (χ2v) is 9.03. The van der Waals surface area contributed by atoms with Gasteiger partial charge in [0.15, 0.2) is 0 Å². The maximum absolute atomic E-state index is 12.9. The first-order valence-corrected chi connectivity index (χ1v) is 11.6. The van der Waals surface area contributed by atoms with Gasteiger partial charge in [0.25, 0.3) is 0 Å². The van der Waals surface area contributed by atoms with Gasteiger partial charge in [-0.2, -0.15) is 0 Å². The first-order valence-electron chi connectivity index (χ1n) is 11.6. The lowest BCUT2D eigenvalue weighted by Gasteiger charge is -2.32. The molecule has 204 valence electrons. The molecule has 4 N–H and O–H groups in total. The van der Waals surface area contributed by atoms with Crippen LogP contribution in [-0.4, -0.2) is 153 Å². The molecule has 0 aromatic rings. The molecule has 0 bridgehead atoms. The number of carbonyl (C=O) groups excluding carboxylic acids is 1. The molecule has 1 aliphatic rings. The van der Waals surface area contributed by atoms with Crippen molar-refractivity contribution in [1.29, 1.82) is 0 Å². The zero-order valence-corrected chi connectivity index (χ0v) is 20.8. The van der Waals surface area contributed by atoms with Crippen molar-refractivity contribution >= 4 is 29.8 Å². The monoisotopic (exact) mass is 515 g/mol. The zero-order chi connectivity index (χ0) is 27.3. The first-order chi connectivity index (χ1) is 16.8. The third-order valence-corrected chi connectivity index (χ3v) is 5.29. The fourth-order valence-corrected chi connectivity index (χ4v) is 3.65. The molecule has 0 aromatic heterocycles. The van der Waals surface area contributed by atoms with E-state index in [2.05, 4.69) is 0 Å². The van der Waals surface area contributed by atoms with Crippen molar-refractivity contribution in [2.45, 2.75) is 13.8 Å². The Labute approximate surface area is 209 Å². The van der Waals surface area contributed by atoms with Crippen LogP contribution in [0.5, 0.6) is 0 Å². The van der Waals surface area contributed by atoms with E-state index in [9.17, 15) is 44.4 Å². The van der Waals surface area contributed by atoms with Crippen molar-refractivity contribution in [3.8, 4) is 0 Å². The van der Waals surface area contributed by atoms with Gasteiger partial charge in [0.1, 0.15) is 13.1 Å². The minimum Gasteiger partial charge on any atom is -0.480 e. The summed E-state index contributed by atoms with van der Waals surface area (Å²) in [5.41, 5.74) is 0. The Bertz CT molecular complexity index is 805. The minimum atomic E-state index is -1.14. The zero-order valence-electron chi connectivity index (χ0n) is 20.8. The van der Waals surface area contributed by atoms with Crippen LogP contribution in [0.4, 0.5) is 0 Å². The SMILES string of the molecule is CC(C)CN(CC(=O)O)C(=O)CN1/C=C\N(CC(=O)O)CCN(CC(=O)O)CCN(CC(=O)O)CC1. The summed E-state index contributed by atoms with van der Waals surface area (Å²) in [5, 5.41) is 36.9. The Kier molecular flexibility index (Phi) is 13.3. The van der Waals surface area contributed by atoms with Crippen LogP contribution in [-0.2, 0) is 24.0 Å². The van der Waals surface area contributed by atoms with E-state index < -0.39 is 36.3 Å². The van der Waals surface area contributed by atoms with Crippen LogP contribution in [0.1, 0.15) is 13.8 Å². The molecule has 1 heterocycles. The van der Waals surface area contributed by atoms with Crippen LogP contribution >= 0.6 is 0 Å². The molecule has 36 heavy (non-hydrogen) atoms. The minimum absolute atomic E-state index is 0.0426.